The van der Waals surface area contributed by atoms with Crippen molar-refractivity contribution in [1.29, 1.82) is 0 Å². The molecule has 2 unspecified atom stereocenters. The fourth-order valence-electron chi connectivity index (χ4n) is 2.49. The Morgan fingerprint density at radius 3 is 2.53 bits per heavy atom. The maximum absolute atomic E-state index is 11.7. The lowest BCUT2D eigenvalue weighted by molar-refractivity contribution is -0.142. The van der Waals surface area contributed by atoms with Crippen molar-refractivity contribution in [2.75, 3.05) is 12.3 Å². The number of rotatable bonds is 6. The van der Waals surface area contributed by atoms with Gasteiger partial charge in [0, 0.05) is 6.54 Å². The molecule has 0 radical (unpaired) electrons. The highest BCUT2D eigenvalue weighted by atomic mass is 32.2. The molecule has 2 saturated carbocycles. The van der Waals surface area contributed by atoms with Gasteiger partial charge in [-0.3, -0.25) is 4.79 Å². The van der Waals surface area contributed by atoms with Crippen LogP contribution < -0.4 is 4.72 Å². The van der Waals surface area contributed by atoms with Crippen LogP contribution in [0.25, 0.3) is 0 Å². The molecule has 0 aliphatic heterocycles. The molecule has 0 spiro atoms. The van der Waals surface area contributed by atoms with Crippen molar-refractivity contribution in [3.05, 3.63) is 0 Å². The number of nitrogens with one attached hydrogen (secondary N) is 1. The summed E-state index contributed by atoms with van der Waals surface area (Å²) in [5.74, 6) is -0.683. The summed E-state index contributed by atoms with van der Waals surface area (Å²) in [4.78, 5) is 10.9. The molecular formula is C11H19NO4S. The topological polar surface area (TPSA) is 83.5 Å². The van der Waals surface area contributed by atoms with E-state index in [2.05, 4.69) is 4.72 Å². The zero-order chi connectivity index (χ0) is 12.5. The smallest absolute Gasteiger partial charge is 0.306 e. The van der Waals surface area contributed by atoms with E-state index in [0.29, 0.717) is 12.3 Å². The van der Waals surface area contributed by atoms with Crippen LogP contribution in [-0.2, 0) is 14.8 Å². The van der Waals surface area contributed by atoms with Crippen molar-refractivity contribution >= 4 is 16.0 Å². The first-order valence-corrected chi connectivity index (χ1v) is 7.83. The second-order valence-electron chi connectivity index (χ2n) is 5.21. The normalized spacial score (nSPS) is 29.4. The fourth-order valence-corrected chi connectivity index (χ4v) is 4.03. The van der Waals surface area contributed by atoms with Crippen LogP contribution in [0.4, 0.5) is 0 Å². The number of carboxylic acid groups (broad SMARTS) is 1. The molecule has 0 amide bonds. The van der Waals surface area contributed by atoms with E-state index in [0.717, 1.165) is 25.7 Å². The summed E-state index contributed by atoms with van der Waals surface area (Å²) >= 11 is 0. The Labute approximate surface area is 102 Å². The van der Waals surface area contributed by atoms with Gasteiger partial charge >= 0.3 is 5.97 Å². The van der Waals surface area contributed by atoms with E-state index in [4.69, 9.17) is 5.11 Å². The molecule has 2 aliphatic rings. The lowest BCUT2D eigenvalue weighted by Gasteiger charge is -2.16. The average molecular weight is 261 g/mol. The van der Waals surface area contributed by atoms with E-state index in [1.807, 2.05) is 0 Å². The summed E-state index contributed by atoms with van der Waals surface area (Å²) in [7, 11) is -3.20. The third kappa shape index (κ3) is 3.67. The molecule has 2 atom stereocenters. The predicted octanol–water partition coefficient (Wildman–Crippen LogP) is 0.817. The quantitative estimate of drug-likeness (QED) is 0.741. The van der Waals surface area contributed by atoms with Gasteiger partial charge in [-0.1, -0.05) is 6.42 Å². The SMILES string of the molecule is O=C(O)C1CCCC1CNS(=O)(=O)CC1CC1. The first-order chi connectivity index (χ1) is 7.98. The Bertz CT molecular complexity index is 388. The molecule has 2 rings (SSSR count). The molecule has 0 aromatic heterocycles. The van der Waals surface area contributed by atoms with Gasteiger partial charge in [-0.25, -0.2) is 13.1 Å². The van der Waals surface area contributed by atoms with Gasteiger partial charge in [-0.15, -0.1) is 0 Å². The Morgan fingerprint density at radius 1 is 1.24 bits per heavy atom. The van der Waals surface area contributed by atoms with Crippen molar-refractivity contribution < 1.29 is 18.3 Å². The first-order valence-electron chi connectivity index (χ1n) is 6.18. The first kappa shape index (κ1) is 12.8. The minimum atomic E-state index is -3.20. The van der Waals surface area contributed by atoms with E-state index in [9.17, 15) is 13.2 Å². The van der Waals surface area contributed by atoms with Gasteiger partial charge in [0.15, 0.2) is 0 Å². The minimum Gasteiger partial charge on any atom is -0.481 e. The van der Waals surface area contributed by atoms with Gasteiger partial charge in [-0.2, -0.15) is 0 Å². The molecule has 0 aromatic carbocycles. The molecule has 0 bridgehead atoms. The van der Waals surface area contributed by atoms with Crippen molar-refractivity contribution in [3.8, 4) is 0 Å². The zero-order valence-corrected chi connectivity index (χ0v) is 10.6. The highest BCUT2D eigenvalue weighted by molar-refractivity contribution is 7.89. The summed E-state index contributed by atoms with van der Waals surface area (Å²) in [6.45, 7) is 0.284. The van der Waals surface area contributed by atoms with Crippen LogP contribution >= 0.6 is 0 Å². The Hall–Kier alpha value is -0.620. The number of hydrogen-bond acceptors (Lipinski definition) is 3. The number of aliphatic carboxylic acids is 1. The molecule has 6 heteroatoms. The molecular weight excluding hydrogens is 242 g/mol. The minimum absolute atomic E-state index is 0.0403. The van der Waals surface area contributed by atoms with Crippen molar-refractivity contribution in [3.63, 3.8) is 0 Å². The van der Waals surface area contributed by atoms with Crippen molar-refractivity contribution in [1.82, 2.24) is 4.72 Å². The summed E-state index contributed by atoms with van der Waals surface area (Å²) in [6, 6.07) is 0. The molecule has 0 aromatic rings. The van der Waals surface area contributed by atoms with E-state index in [1.54, 1.807) is 0 Å². The molecule has 5 nitrogen and oxygen atoms in total. The summed E-state index contributed by atoms with van der Waals surface area (Å²) in [5.41, 5.74) is 0. The predicted molar refractivity (Wildman–Crippen MR) is 63.0 cm³/mol. The Kier molecular flexibility index (Phi) is 3.73. The van der Waals surface area contributed by atoms with E-state index >= 15 is 0 Å². The number of carbonyl (C=O) groups is 1. The van der Waals surface area contributed by atoms with Gasteiger partial charge in [-0.05, 0) is 37.5 Å². The molecule has 98 valence electrons. The molecule has 17 heavy (non-hydrogen) atoms. The average Bonchev–Trinajstić information content (AvgIpc) is 2.90. The lowest BCUT2D eigenvalue weighted by Crippen LogP contribution is -2.34. The summed E-state index contributed by atoms with van der Waals surface area (Å²) < 4.78 is 25.9. The highest BCUT2D eigenvalue weighted by Gasteiger charge is 2.34. The molecule has 0 heterocycles. The number of hydrogen-bond donors (Lipinski definition) is 2. The van der Waals surface area contributed by atoms with Gasteiger partial charge in [0.1, 0.15) is 0 Å². The van der Waals surface area contributed by atoms with E-state index < -0.39 is 16.0 Å². The third-order valence-corrected chi connectivity index (χ3v) is 5.21. The molecule has 0 saturated heterocycles. The molecule has 2 fully saturated rings. The van der Waals surface area contributed by atoms with E-state index in [-0.39, 0.29) is 24.1 Å². The monoisotopic (exact) mass is 261 g/mol. The van der Waals surface area contributed by atoms with Crippen LogP contribution in [0.15, 0.2) is 0 Å². The maximum atomic E-state index is 11.7. The van der Waals surface area contributed by atoms with Gasteiger partial charge < -0.3 is 5.11 Å². The van der Waals surface area contributed by atoms with Crippen LogP contribution in [0, 0.1) is 17.8 Å². The van der Waals surface area contributed by atoms with Gasteiger partial charge in [0.05, 0.1) is 11.7 Å². The van der Waals surface area contributed by atoms with Crippen molar-refractivity contribution in [2.45, 2.75) is 32.1 Å². The van der Waals surface area contributed by atoms with Gasteiger partial charge in [0.25, 0.3) is 0 Å². The fraction of sp³-hybridized carbons (Fsp3) is 0.909. The number of carboxylic acids is 1. The second kappa shape index (κ2) is 4.94. The maximum Gasteiger partial charge on any atom is 0.306 e. The summed E-state index contributed by atoms with van der Waals surface area (Å²) in [5, 5.41) is 8.99. The van der Waals surface area contributed by atoms with Crippen LogP contribution in [0.5, 0.6) is 0 Å². The third-order valence-electron chi connectivity index (χ3n) is 3.69. The standard InChI is InChI=1S/C11H19NO4S/c13-11(14)10-3-1-2-9(10)6-12-17(15,16)7-8-4-5-8/h8-10,12H,1-7H2,(H,13,14). The van der Waals surface area contributed by atoms with Crippen LogP contribution in [0.3, 0.4) is 0 Å². The Balaban J connectivity index is 1.82. The van der Waals surface area contributed by atoms with Crippen LogP contribution in [0.2, 0.25) is 0 Å². The Morgan fingerprint density at radius 2 is 1.94 bits per heavy atom. The zero-order valence-electron chi connectivity index (χ0n) is 9.76. The van der Waals surface area contributed by atoms with Crippen LogP contribution in [-0.4, -0.2) is 31.8 Å². The van der Waals surface area contributed by atoms with Crippen LogP contribution in [0.1, 0.15) is 32.1 Å². The molecule has 2 aliphatic carbocycles. The summed E-state index contributed by atoms with van der Waals surface area (Å²) in [6.07, 6.45) is 4.36. The van der Waals surface area contributed by atoms with Crippen molar-refractivity contribution in [2.24, 2.45) is 17.8 Å². The highest BCUT2D eigenvalue weighted by Crippen LogP contribution is 2.32. The lowest BCUT2D eigenvalue weighted by atomic mass is 9.97. The molecule has 2 N–H and O–H groups in total. The number of sulfonamides is 1. The van der Waals surface area contributed by atoms with E-state index in [1.165, 1.54) is 0 Å². The second-order valence-corrected chi connectivity index (χ2v) is 7.06. The largest absolute Gasteiger partial charge is 0.481 e. The van der Waals surface area contributed by atoms with Gasteiger partial charge in [0.2, 0.25) is 10.0 Å².